The topological polar surface area (TPSA) is 72.9 Å². The van der Waals surface area contributed by atoms with E-state index in [1.54, 1.807) is 0 Å². The molecule has 20 heavy (non-hydrogen) atoms. The molecule has 1 heterocycles. The summed E-state index contributed by atoms with van der Waals surface area (Å²) in [4.78, 5) is 11.6. The van der Waals surface area contributed by atoms with E-state index in [1.807, 2.05) is 25.5 Å². The van der Waals surface area contributed by atoms with Gasteiger partial charge in [0.1, 0.15) is 0 Å². The SMILES string of the molecule is CCCNC(C)(CCCn1nc(C)c(Cl)c1C)C(N)=O. The van der Waals surface area contributed by atoms with Gasteiger partial charge in [-0.3, -0.25) is 9.48 Å². The van der Waals surface area contributed by atoms with Crippen LogP contribution < -0.4 is 11.1 Å². The van der Waals surface area contributed by atoms with Crippen molar-refractivity contribution < 1.29 is 4.79 Å². The number of hydrogen-bond acceptors (Lipinski definition) is 3. The molecule has 6 heteroatoms. The second-order valence-electron chi connectivity index (χ2n) is 5.43. The molecule has 0 saturated carbocycles. The Balaban J connectivity index is 2.60. The van der Waals surface area contributed by atoms with Crippen LogP contribution in [0, 0.1) is 13.8 Å². The lowest BCUT2D eigenvalue weighted by Crippen LogP contribution is -2.53. The van der Waals surface area contributed by atoms with Gasteiger partial charge in [0.15, 0.2) is 0 Å². The van der Waals surface area contributed by atoms with Gasteiger partial charge in [-0.25, -0.2) is 0 Å². The van der Waals surface area contributed by atoms with Crippen molar-refractivity contribution in [2.45, 2.75) is 59.0 Å². The first-order valence-electron chi connectivity index (χ1n) is 7.06. The number of primary amides is 1. The molecule has 1 unspecified atom stereocenters. The number of amides is 1. The van der Waals surface area contributed by atoms with Crippen molar-refractivity contribution in [2.75, 3.05) is 6.54 Å². The molecule has 0 aliphatic carbocycles. The van der Waals surface area contributed by atoms with E-state index in [1.165, 1.54) is 0 Å². The Morgan fingerprint density at radius 2 is 2.15 bits per heavy atom. The molecule has 0 aliphatic rings. The number of halogens is 1. The van der Waals surface area contributed by atoms with Crippen molar-refractivity contribution in [1.29, 1.82) is 0 Å². The lowest BCUT2D eigenvalue weighted by molar-refractivity contribution is -0.124. The average Bonchev–Trinajstić information content (AvgIpc) is 2.64. The highest BCUT2D eigenvalue weighted by Gasteiger charge is 2.29. The summed E-state index contributed by atoms with van der Waals surface area (Å²) in [5.74, 6) is -0.308. The highest BCUT2D eigenvalue weighted by Crippen LogP contribution is 2.20. The zero-order valence-corrected chi connectivity index (χ0v) is 13.5. The predicted molar refractivity (Wildman–Crippen MR) is 81.8 cm³/mol. The third-order valence-electron chi connectivity index (χ3n) is 3.65. The first kappa shape index (κ1) is 17.0. The van der Waals surface area contributed by atoms with Crippen molar-refractivity contribution in [3.8, 4) is 0 Å². The number of nitrogens with two attached hydrogens (primary N) is 1. The number of nitrogens with zero attached hydrogens (tertiary/aromatic N) is 2. The summed E-state index contributed by atoms with van der Waals surface area (Å²) < 4.78 is 1.89. The van der Waals surface area contributed by atoms with E-state index >= 15 is 0 Å². The number of carbonyl (C=O) groups excluding carboxylic acids is 1. The maximum Gasteiger partial charge on any atom is 0.237 e. The van der Waals surface area contributed by atoms with Gasteiger partial charge in [0.25, 0.3) is 0 Å². The molecule has 0 fully saturated rings. The van der Waals surface area contributed by atoms with Crippen molar-refractivity contribution in [1.82, 2.24) is 15.1 Å². The van der Waals surface area contributed by atoms with Crippen molar-refractivity contribution in [2.24, 2.45) is 5.73 Å². The van der Waals surface area contributed by atoms with Gasteiger partial charge in [-0.1, -0.05) is 18.5 Å². The van der Waals surface area contributed by atoms with Crippen LogP contribution in [0.25, 0.3) is 0 Å². The van der Waals surface area contributed by atoms with E-state index in [0.29, 0.717) is 11.4 Å². The molecule has 114 valence electrons. The minimum absolute atomic E-state index is 0.308. The molecule has 0 aliphatic heterocycles. The van der Waals surface area contributed by atoms with Crippen LogP contribution in [-0.4, -0.2) is 27.8 Å². The summed E-state index contributed by atoms with van der Waals surface area (Å²) in [5.41, 5.74) is 6.65. The van der Waals surface area contributed by atoms with Crippen LogP contribution >= 0.6 is 11.6 Å². The zero-order chi connectivity index (χ0) is 15.3. The van der Waals surface area contributed by atoms with Gasteiger partial charge in [0, 0.05) is 6.54 Å². The van der Waals surface area contributed by atoms with Gasteiger partial charge in [-0.2, -0.15) is 5.10 Å². The Morgan fingerprint density at radius 3 is 2.60 bits per heavy atom. The number of aryl methyl sites for hydroxylation is 2. The molecular formula is C14H25ClN4O. The Morgan fingerprint density at radius 1 is 1.50 bits per heavy atom. The summed E-state index contributed by atoms with van der Waals surface area (Å²) in [6, 6.07) is 0. The van der Waals surface area contributed by atoms with Crippen molar-refractivity contribution in [3.63, 3.8) is 0 Å². The zero-order valence-electron chi connectivity index (χ0n) is 12.8. The highest BCUT2D eigenvalue weighted by molar-refractivity contribution is 6.31. The van der Waals surface area contributed by atoms with E-state index in [0.717, 1.165) is 37.3 Å². The second-order valence-corrected chi connectivity index (χ2v) is 5.81. The third-order valence-corrected chi connectivity index (χ3v) is 4.20. The maximum atomic E-state index is 11.6. The molecule has 1 aromatic heterocycles. The standard InChI is InChI=1S/C14H25ClN4O/c1-5-8-17-14(4,13(16)20)7-6-9-19-11(3)12(15)10(2)18-19/h17H,5-9H2,1-4H3,(H2,16,20). The largest absolute Gasteiger partial charge is 0.368 e. The van der Waals surface area contributed by atoms with E-state index in [2.05, 4.69) is 17.3 Å². The van der Waals surface area contributed by atoms with Gasteiger partial charge in [0.05, 0.1) is 21.9 Å². The molecule has 1 rings (SSSR count). The predicted octanol–water partition coefficient (Wildman–Crippen LogP) is 2.18. The van der Waals surface area contributed by atoms with Crippen LogP contribution in [0.3, 0.4) is 0 Å². The Hall–Kier alpha value is -1.07. The monoisotopic (exact) mass is 300 g/mol. The Bertz CT molecular complexity index is 472. The first-order valence-corrected chi connectivity index (χ1v) is 7.44. The fraction of sp³-hybridized carbons (Fsp3) is 0.714. The second kappa shape index (κ2) is 7.09. The maximum absolute atomic E-state index is 11.6. The van der Waals surface area contributed by atoms with Crippen LogP contribution in [0.5, 0.6) is 0 Å². The first-order chi connectivity index (χ1) is 9.31. The van der Waals surface area contributed by atoms with Gasteiger partial charge in [0.2, 0.25) is 5.91 Å². The van der Waals surface area contributed by atoms with Gasteiger partial charge >= 0.3 is 0 Å². The van der Waals surface area contributed by atoms with Crippen molar-refractivity contribution >= 4 is 17.5 Å². The molecule has 0 spiro atoms. The molecule has 1 amide bonds. The number of nitrogens with one attached hydrogen (secondary N) is 1. The van der Waals surface area contributed by atoms with Gasteiger partial charge in [-0.05, 0) is 46.6 Å². The van der Waals surface area contributed by atoms with Crippen molar-refractivity contribution in [3.05, 3.63) is 16.4 Å². The van der Waals surface area contributed by atoms with E-state index in [-0.39, 0.29) is 5.91 Å². The average molecular weight is 301 g/mol. The molecule has 0 aromatic carbocycles. The fourth-order valence-electron chi connectivity index (χ4n) is 2.17. The summed E-state index contributed by atoms with van der Waals surface area (Å²) in [7, 11) is 0. The molecule has 0 saturated heterocycles. The molecule has 1 atom stereocenters. The molecule has 5 nitrogen and oxygen atoms in total. The number of carbonyl (C=O) groups is 1. The summed E-state index contributed by atoms with van der Waals surface area (Å²) in [6.07, 6.45) is 2.46. The van der Waals surface area contributed by atoms with Crippen LogP contribution in [-0.2, 0) is 11.3 Å². The minimum Gasteiger partial charge on any atom is -0.368 e. The van der Waals surface area contributed by atoms with Crippen LogP contribution in [0.4, 0.5) is 0 Å². The third kappa shape index (κ3) is 3.96. The van der Waals surface area contributed by atoms with E-state index in [9.17, 15) is 4.79 Å². The van der Waals surface area contributed by atoms with E-state index in [4.69, 9.17) is 17.3 Å². The van der Waals surface area contributed by atoms with Crippen LogP contribution in [0.2, 0.25) is 5.02 Å². The molecular weight excluding hydrogens is 276 g/mol. The summed E-state index contributed by atoms with van der Waals surface area (Å²) in [6.45, 7) is 9.28. The molecule has 3 N–H and O–H groups in total. The van der Waals surface area contributed by atoms with Crippen LogP contribution in [0.15, 0.2) is 0 Å². The molecule has 1 aromatic rings. The fourth-order valence-corrected chi connectivity index (χ4v) is 2.31. The van der Waals surface area contributed by atoms with Gasteiger partial charge < -0.3 is 11.1 Å². The smallest absolute Gasteiger partial charge is 0.237 e. The van der Waals surface area contributed by atoms with Crippen LogP contribution in [0.1, 0.15) is 44.5 Å². The summed E-state index contributed by atoms with van der Waals surface area (Å²) >= 11 is 6.12. The highest BCUT2D eigenvalue weighted by atomic mass is 35.5. The van der Waals surface area contributed by atoms with E-state index < -0.39 is 5.54 Å². The Labute approximate surface area is 125 Å². The quantitative estimate of drug-likeness (QED) is 0.773. The lowest BCUT2D eigenvalue weighted by atomic mass is 9.94. The minimum atomic E-state index is -0.657. The Kier molecular flexibility index (Phi) is 6.02. The number of rotatable bonds is 8. The number of aromatic nitrogens is 2. The molecule has 0 bridgehead atoms. The number of hydrogen-bond donors (Lipinski definition) is 2. The molecule has 0 radical (unpaired) electrons. The normalized spacial score (nSPS) is 14.2. The summed E-state index contributed by atoms with van der Waals surface area (Å²) in [5, 5.41) is 8.33. The van der Waals surface area contributed by atoms with Gasteiger partial charge in [-0.15, -0.1) is 0 Å². The lowest BCUT2D eigenvalue weighted by Gasteiger charge is -2.27.